The van der Waals surface area contributed by atoms with Crippen LogP contribution >= 0.6 is 0 Å². The van der Waals surface area contributed by atoms with Crippen molar-refractivity contribution in [2.45, 2.75) is 13.8 Å². The van der Waals surface area contributed by atoms with Gasteiger partial charge in [0.2, 0.25) is 0 Å². The Balaban J connectivity index is 2.57. The number of hydrogen-bond donors (Lipinski definition) is 0. The molecule has 1 heterocycles. The van der Waals surface area contributed by atoms with Crippen LogP contribution in [0.3, 0.4) is 0 Å². The van der Waals surface area contributed by atoms with Gasteiger partial charge in [0.05, 0.1) is 5.69 Å². The Bertz CT molecular complexity index is 722. The lowest BCUT2D eigenvalue weighted by molar-refractivity contribution is 0.450. The minimum Gasteiger partial charge on any atom is -0.355 e. The number of aromatic nitrogens is 1. The van der Waals surface area contributed by atoms with Crippen molar-refractivity contribution in [3.05, 3.63) is 47.7 Å². The van der Waals surface area contributed by atoms with Crippen molar-refractivity contribution < 1.29 is 4.52 Å². The van der Waals surface area contributed by atoms with Crippen molar-refractivity contribution in [2.24, 2.45) is 0 Å². The molecular formula is C15H13NO. The van der Waals surface area contributed by atoms with Gasteiger partial charge in [0.25, 0.3) is 0 Å². The predicted octanol–water partition coefficient (Wildman–Crippen LogP) is 4.32. The predicted molar refractivity (Wildman–Crippen MR) is 71.0 cm³/mol. The third-order valence-corrected chi connectivity index (χ3v) is 3.04. The number of rotatable bonds is 1. The first kappa shape index (κ1) is 10.1. The Morgan fingerprint density at radius 2 is 2.00 bits per heavy atom. The molecule has 17 heavy (non-hydrogen) atoms. The maximum atomic E-state index is 5.44. The lowest BCUT2D eigenvalue weighted by Gasteiger charge is -2.02. The van der Waals surface area contributed by atoms with Crippen LogP contribution in [-0.4, -0.2) is 5.16 Å². The lowest BCUT2D eigenvalue weighted by Crippen LogP contribution is -1.81. The summed E-state index contributed by atoms with van der Waals surface area (Å²) in [5.41, 5.74) is 2.93. The minimum absolute atomic E-state index is 0.874. The molecule has 3 rings (SSSR count). The second-order valence-corrected chi connectivity index (χ2v) is 4.16. The average Bonchev–Trinajstić information content (AvgIpc) is 2.71. The van der Waals surface area contributed by atoms with Gasteiger partial charge < -0.3 is 4.52 Å². The topological polar surface area (TPSA) is 26.0 Å². The molecule has 2 nitrogen and oxygen atoms in total. The number of allylic oxidation sites excluding steroid dienone is 1. The molecule has 0 saturated heterocycles. The molecule has 0 spiro atoms. The van der Waals surface area contributed by atoms with Crippen LogP contribution in [0.5, 0.6) is 0 Å². The van der Waals surface area contributed by atoms with E-state index in [4.69, 9.17) is 4.52 Å². The fourth-order valence-electron chi connectivity index (χ4n) is 2.22. The zero-order chi connectivity index (χ0) is 11.8. The molecule has 0 N–H and O–H groups in total. The number of benzene rings is 2. The summed E-state index contributed by atoms with van der Waals surface area (Å²) in [5.74, 6) is 0. The SMILES string of the molecule is C/C=C\c1c2ccccc2cc2c(C)noc12. The monoisotopic (exact) mass is 223 g/mol. The number of hydrogen-bond acceptors (Lipinski definition) is 2. The summed E-state index contributed by atoms with van der Waals surface area (Å²) < 4.78 is 5.44. The molecule has 0 aliphatic heterocycles. The van der Waals surface area contributed by atoms with Crippen LogP contribution in [0.4, 0.5) is 0 Å². The zero-order valence-electron chi connectivity index (χ0n) is 9.90. The van der Waals surface area contributed by atoms with Gasteiger partial charge in [-0.25, -0.2) is 0 Å². The highest BCUT2D eigenvalue weighted by Crippen LogP contribution is 2.31. The Labute approximate surface area is 99.5 Å². The van der Waals surface area contributed by atoms with E-state index in [2.05, 4.69) is 35.5 Å². The second kappa shape index (κ2) is 3.74. The van der Waals surface area contributed by atoms with Crippen molar-refractivity contribution in [2.75, 3.05) is 0 Å². The molecule has 0 saturated carbocycles. The average molecular weight is 223 g/mol. The number of fused-ring (bicyclic) bond motifs is 2. The Morgan fingerprint density at radius 1 is 1.18 bits per heavy atom. The van der Waals surface area contributed by atoms with Gasteiger partial charge >= 0.3 is 0 Å². The quantitative estimate of drug-likeness (QED) is 0.614. The summed E-state index contributed by atoms with van der Waals surface area (Å²) >= 11 is 0. The third kappa shape index (κ3) is 1.45. The summed E-state index contributed by atoms with van der Waals surface area (Å²) in [5, 5.41) is 7.57. The first-order chi connectivity index (χ1) is 8.31. The van der Waals surface area contributed by atoms with Crippen molar-refractivity contribution in [3.63, 3.8) is 0 Å². The zero-order valence-corrected chi connectivity index (χ0v) is 9.90. The molecule has 1 aromatic heterocycles. The van der Waals surface area contributed by atoms with Crippen molar-refractivity contribution in [3.8, 4) is 0 Å². The molecule has 0 bridgehead atoms. The molecule has 0 fully saturated rings. The van der Waals surface area contributed by atoms with Crippen LogP contribution in [0, 0.1) is 6.92 Å². The van der Waals surface area contributed by atoms with Crippen LogP contribution in [0.1, 0.15) is 18.2 Å². The summed E-state index contributed by atoms with van der Waals surface area (Å²) in [6, 6.07) is 10.5. The lowest BCUT2D eigenvalue weighted by atomic mass is 10.0. The Morgan fingerprint density at radius 3 is 2.82 bits per heavy atom. The molecule has 84 valence electrons. The molecule has 0 unspecified atom stereocenters. The van der Waals surface area contributed by atoms with Gasteiger partial charge in [0.1, 0.15) is 0 Å². The van der Waals surface area contributed by atoms with Gasteiger partial charge in [-0.15, -0.1) is 0 Å². The number of aryl methyl sites for hydroxylation is 1. The third-order valence-electron chi connectivity index (χ3n) is 3.04. The maximum Gasteiger partial charge on any atom is 0.174 e. The Kier molecular flexibility index (Phi) is 2.22. The summed E-state index contributed by atoms with van der Waals surface area (Å²) in [7, 11) is 0. The fourth-order valence-corrected chi connectivity index (χ4v) is 2.22. The summed E-state index contributed by atoms with van der Waals surface area (Å²) in [6.45, 7) is 3.98. The summed E-state index contributed by atoms with van der Waals surface area (Å²) in [4.78, 5) is 0. The summed E-state index contributed by atoms with van der Waals surface area (Å²) in [6.07, 6.45) is 4.11. The van der Waals surface area contributed by atoms with Crippen molar-refractivity contribution in [1.29, 1.82) is 0 Å². The highest BCUT2D eigenvalue weighted by Gasteiger charge is 2.11. The van der Waals surface area contributed by atoms with Crippen LogP contribution in [0.25, 0.3) is 27.8 Å². The van der Waals surface area contributed by atoms with Crippen molar-refractivity contribution >= 4 is 27.8 Å². The Hall–Kier alpha value is -2.09. The van der Waals surface area contributed by atoms with Gasteiger partial charge in [-0.1, -0.05) is 41.6 Å². The molecule has 0 radical (unpaired) electrons. The van der Waals surface area contributed by atoms with E-state index in [1.807, 2.05) is 26.0 Å². The van der Waals surface area contributed by atoms with E-state index in [1.54, 1.807) is 0 Å². The molecule has 0 atom stereocenters. The van der Waals surface area contributed by atoms with E-state index in [9.17, 15) is 0 Å². The van der Waals surface area contributed by atoms with Crippen LogP contribution < -0.4 is 0 Å². The van der Waals surface area contributed by atoms with Gasteiger partial charge in [-0.3, -0.25) is 0 Å². The van der Waals surface area contributed by atoms with E-state index < -0.39 is 0 Å². The normalized spacial score (nSPS) is 11.9. The van der Waals surface area contributed by atoms with E-state index in [0.29, 0.717) is 0 Å². The largest absolute Gasteiger partial charge is 0.355 e. The molecular weight excluding hydrogens is 210 g/mol. The highest BCUT2D eigenvalue weighted by atomic mass is 16.5. The van der Waals surface area contributed by atoms with Crippen molar-refractivity contribution in [1.82, 2.24) is 5.16 Å². The molecule has 0 amide bonds. The van der Waals surface area contributed by atoms with Crippen LogP contribution in [-0.2, 0) is 0 Å². The van der Waals surface area contributed by atoms with Gasteiger partial charge in [0.15, 0.2) is 5.58 Å². The fraction of sp³-hybridized carbons (Fsp3) is 0.133. The van der Waals surface area contributed by atoms with E-state index in [0.717, 1.165) is 22.2 Å². The van der Waals surface area contributed by atoms with Gasteiger partial charge in [0, 0.05) is 10.9 Å². The molecule has 0 aliphatic carbocycles. The van der Waals surface area contributed by atoms with Gasteiger partial charge in [-0.2, -0.15) is 0 Å². The second-order valence-electron chi connectivity index (χ2n) is 4.16. The molecule has 0 aliphatic rings. The molecule has 2 aromatic carbocycles. The van der Waals surface area contributed by atoms with E-state index in [1.165, 1.54) is 10.8 Å². The molecule has 3 aromatic rings. The van der Waals surface area contributed by atoms with E-state index >= 15 is 0 Å². The first-order valence-electron chi connectivity index (χ1n) is 5.71. The van der Waals surface area contributed by atoms with E-state index in [-0.39, 0.29) is 0 Å². The van der Waals surface area contributed by atoms with Crippen LogP contribution in [0.15, 0.2) is 40.9 Å². The maximum absolute atomic E-state index is 5.44. The highest BCUT2D eigenvalue weighted by molar-refractivity contribution is 6.04. The van der Waals surface area contributed by atoms with Crippen LogP contribution in [0.2, 0.25) is 0 Å². The smallest absolute Gasteiger partial charge is 0.174 e. The minimum atomic E-state index is 0.874. The first-order valence-corrected chi connectivity index (χ1v) is 5.71. The number of nitrogens with zero attached hydrogens (tertiary/aromatic N) is 1. The van der Waals surface area contributed by atoms with Gasteiger partial charge in [-0.05, 0) is 30.7 Å². The molecule has 2 heteroatoms. The standard InChI is InChI=1S/C15H13NO/c1-3-6-13-12-8-5-4-7-11(12)9-14-10(2)16-17-15(13)14/h3-9H,1-2H3/b6-3-.